The van der Waals surface area contributed by atoms with Gasteiger partial charge in [0.15, 0.2) is 0 Å². The van der Waals surface area contributed by atoms with Crippen LogP contribution in [0.3, 0.4) is 0 Å². The van der Waals surface area contributed by atoms with Gasteiger partial charge in [-0.05, 0) is 46.2 Å². The Labute approximate surface area is 148 Å². The molecule has 2 heteroatoms. The maximum absolute atomic E-state index is 3.42. The molecule has 0 atom stereocenters. The van der Waals surface area contributed by atoms with Crippen LogP contribution in [-0.4, -0.2) is 0 Å². The molecule has 1 radical (unpaired) electrons. The maximum atomic E-state index is 3.42. The van der Waals surface area contributed by atoms with Gasteiger partial charge < -0.3 is 0 Å². The van der Waals surface area contributed by atoms with Gasteiger partial charge >= 0.3 is 0 Å². The second-order valence-corrected chi connectivity index (χ2v) is 7.60. The lowest BCUT2D eigenvalue weighted by Gasteiger charge is -2.04. The molecular weight excluding hydrogens is 328 g/mol. The molecular formula is C22H13S2. The highest BCUT2D eigenvalue weighted by Crippen LogP contribution is 2.38. The first-order valence-electron chi connectivity index (χ1n) is 7.85. The average molecular weight is 341 g/mol. The van der Waals surface area contributed by atoms with E-state index in [2.05, 4.69) is 77.5 Å². The minimum Gasteiger partial charge on any atom is -0.143 e. The number of hydrogen-bond donors (Lipinski definition) is 0. The van der Waals surface area contributed by atoms with E-state index in [1.54, 1.807) is 22.7 Å². The fourth-order valence-electron chi connectivity index (χ4n) is 3.18. The Morgan fingerprint density at radius 1 is 0.667 bits per heavy atom. The summed E-state index contributed by atoms with van der Waals surface area (Å²) in [5.74, 6) is 0. The smallest absolute Gasteiger partial charge is 0.0349 e. The molecule has 0 fully saturated rings. The maximum Gasteiger partial charge on any atom is 0.0349 e. The predicted molar refractivity (Wildman–Crippen MR) is 107 cm³/mol. The highest BCUT2D eigenvalue weighted by atomic mass is 32.1. The SMILES string of the molecule is [c]1ccc(-c2csc3ccccc23)cc1-c1csc2ccccc12. The molecule has 0 unspecified atom stereocenters. The standard InChI is InChI=1S/C22H13S2/c1-3-10-21-17(8-1)19(13-23-21)15-6-5-7-16(12-15)20-14-24-22-11-4-2-9-18(20)22/h1-6,8-14H. The van der Waals surface area contributed by atoms with Crippen molar-refractivity contribution in [3.05, 3.63) is 83.6 Å². The number of thiophene rings is 2. The summed E-state index contributed by atoms with van der Waals surface area (Å²) in [7, 11) is 0. The lowest BCUT2D eigenvalue weighted by atomic mass is 9.98. The average Bonchev–Trinajstić information content (AvgIpc) is 3.26. The zero-order chi connectivity index (χ0) is 15.9. The van der Waals surface area contributed by atoms with Crippen molar-refractivity contribution >= 4 is 42.8 Å². The molecule has 113 valence electrons. The van der Waals surface area contributed by atoms with Crippen molar-refractivity contribution in [2.24, 2.45) is 0 Å². The van der Waals surface area contributed by atoms with Gasteiger partial charge in [0.1, 0.15) is 0 Å². The summed E-state index contributed by atoms with van der Waals surface area (Å²) >= 11 is 3.60. The van der Waals surface area contributed by atoms with E-state index < -0.39 is 0 Å². The van der Waals surface area contributed by atoms with E-state index in [4.69, 9.17) is 0 Å². The van der Waals surface area contributed by atoms with Gasteiger partial charge in [-0.25, -0.2) is 0 Å². The molecule has 24 heavy (non-hydrogen) atoms. The number of rotatable bonds is 2. The van der Waals surface area contributed by atoms with Crippen LogP contribution in [-0.2, 0) is 0 Å². The predicted octanol–water partition coefficient (Wildman–Crippen LogP) is 7.25. The van der Waals surface area contributed by atoms with Crippen molar-refractivity contribution in [1.29, 1.82) is 0 Å². The van der Waals surface area contributed by atoms with Crippen LogP contribution in [0.25, 0.3) is 42.4 Å². The van der Waals surface area contributed by atoms with Gasteiger partial charge in [0, 0.05) is 31.3 Å². The Bertz CT molecular complexity index is 1070. The monoisotopic (exact) mass is 341 g/mol. The zero-order valence-corrected chi connectivity index (χ0v) is 14.5. The molecule has 2 aromatic heterocycles. The molecule has 0 amide bonds. The minimum absolute atomic E-state index is 1.17. The fraction of sp³-hybridized carbons (Fsp3) is 0. The Hall–Kier alpha value is -2.42. The third-order valence-corrected chi connectivity index (χ3v) is 6.29. The first kappa shape index (κ1) is 14.0. The van der Waals surface area contributed by atoms with Crippen molar-refractivity contribution in [3.8, 4) is 22.3 Å². The van der Waals surface area contributed by atoms with E-state index >= 15 is 0 Å². The zero-order valence-electron chi connectivity index (χ0n) is 12.8. The minimum atomic E-state index is 1.17. The summed E-state index contributed by atoms with van der Waals surface area (Å²) in [6.07, 6.45) is 0. The van der Waals surface area contributed by atoms with Crippen LogP contribution in [0.1, 0.15) is 0 Å². The summed E-state index contributed by atoms with van der Waals surface area (Å²) in [6.45, 7) is 0. The van der Waals surface area contributed by atoms with Crippen molar-refractivity contribution in [3.63, 3.8) is 0 Å². The lowest BCUT2D eigenvalue weighted by Crippen LogP contribution is -1.80. The highest BCUT2D eigenvalue weighted by Gasteiger charge is 2.10. The van der Waals surface area contributed by atoms with Gasteiger partial charge in [-0.1, -0.05) is 48.5 Å². The number of fused-ring (bicyclic) bond motifs is 2. The molecule has 2 heterocycles. The quantitative estimate of drug-likeness (QED) is 0.317. The summed E-state index contributed by atoms with van der Waals surface area (Å²) in [6, 6.07) is 27.1. The molecule has 3 aromatic carbocycles. The second-order valence-electron chi connectivity index (χ2n) is 5.78. The molecule has 5 rings (SSSR count). The van der Waals surface area contributed by atoms with Crippen LogP contribution in [0, 0.1) is 6.07 Å². The molecule has 0 aliphatic rings. The van der Waals surface area contributed by atoms with Crippen LogP contribution in [0.15, 0.2) is 77.5 Å². The molecule has 0 nitrogen and oxygen atoms in total. The highest BCUT2D eigenvalue weighted by molar-refractivity contribution is 7.18. The largest absolute Gasteiger partial charge is 0.143 e. The normalized spacial score (nSPS) is 11.3. The molecule has 0 spiro atoms. The van der Waals surface area contributed by atoms with E-state index in [0.29, 0.717) is 0 Å². The fourth-order valence-corrected chi connectivity index (χ4v) is 5.11. The van der Waals surface area contributed by atoms with Crippen molar-refractivity contribution in [2.45, 2.75) is 0 Å². The first-order valence-corrected chi connectivity index (χ1v) is 9.61. The van der Waals surface area contributed by atoms with Crippen LogP contribution < -0.4 is 0 Å². The summed E-state index contributed by atoms with van der Waals surface area (Å²) in [5, 5.41) is 7.14. The van der Waals surface area contributed by atoms with E-state index in [1.165, 1.54) is 42.4 Å². The number of hydrogen-bond acceptors (Lipinski definition) is 2. The van der Waals surface area contributed by atoms with Crippen LogP contribution >= 0.6 is 22.7 Å². The molecule has 5 aromatic rings. The Kier molecular flexibility index (Phi) is 3.25. The summed E-state index contributed by atoms with van der Waals surface area (Å²) in [4.78, 5) is 0. The van der Waals surface area contributed by atoms with Crippen LogP contribution in [0.4, 0.5) is 0 Å². The van der Waals surface area contributed by atoms with Crippen molar-refractivity contribution in [1.82, 2.24) is 0 Å². The first-order chi connectivity index (χ1) is 11.9. The number of benzene rings is 3. The van der Waals surface area contributed by atoms with Gasteiger partial charge in [0.2, 0.25) is 0 Å². The van der Waals surface area contributed by atoms with Gasteiger partial charge in [0.25, 0.3) is 0 Å². The molecule has 0 N–H and O–H groups in total. The Morgan fingerprint density at radius 3 is 2.04 bits per heavy atom. The third kappa shape index (κ3) is 2.19. The Morgan fingerprint density at radius 2 is 1.29 bits per heavy atom. The van der Waals surface area contributed by atoms with E-state index in [-0.39, 0.29) is 0 Å². The third-order valence-electron chi connectivity index (χ3n) is 4.36. The molecule has 0 bridgehead atoms. The lowest BCUT2D eigenvalue weighted by molar-refractivity contribution is 1.65. The second kappa shape index (κ2) is 5.59. The van der Waals surface area contributed by atoms with Gasteiger partial charge in [0.05, 0.1) is 0 Å². The van der Waals surface area contributed by atoms with Gasteiger partial charge in [-0.2, -0.15) is 0 Å². The van der Waals surface area contributed by atoms with Gasteiger partial charge in [-0.3, -0.25) is 0 Å². The topological polar surface area (TPSA) is 0 Å². The van der Waals surface area contributed by atoms with E-state index in [9.17, 15) is 0 Å². The van der Waals surface area contributed by atoms with Crippen molar-refractivity contribution in [2.75, 3.05) is 0 Å². The van der Waals surface area contributed by atoms with Crippen LogP contribution in [0.5, 0.6) is 0 Å². The van der Waals surface area contributed by atoms with E-state index in [0.717, 1.165) is 0 Å². The molecule has 0 aliphatic carbocycles. The van der Waals surface area contributed by atoms with Crippen molar-refractivity contribution < 1.29 is 0 Å². The Balaban J connectivity index is 1.69. The molecule has 0 aliphatic heterocycles. The van der Waals surface area contributed by atoms with E-state index in [1.807, 2.05) is 6.07 Å². The molecule has 0 saturated carbocycles. The van der Waals surface area contributed by atoms with Crippen LogP contribution in [0.2, 0.25) is 0 Å². The molecule has 0 saturated heterocycles. The summed E-state index contributed by atoms with van der Waals surface area (Å²) in [5.41, 5.74) is 5.01. The summed E-state index contributed by atoms with van der Waals surface area (Å²) < 4.78 is 2.66. The van der Waals surface area contributed by atoms with Gasteiger partial charge in [-0.15, -0.1) is 22.7 Å².